The minimum Gasteiger partial charge on any atom is -0.481 e. The highest BCUT2D eigenvalue weighted by molar-refractivity contribution is 5.96. The largest absolute Gasteiger partial charge is 0.481 e. The van der Waals surface area contributed by atoms with Crippen molar-refractivity contribution in [1.29, 1.82) is 0 Å². The summed E-state index contributed by atoms with van der Waals surface area (Å²) in [6.07, 6.45) is -0.510. The van der Waals surface area contributed by atoms with E-state index >= 15 is 0 Å². The molecule has 7 heteroatoms. The average molecular weight is 266 g/mol. The van der Waals surface area contributed by atoms with Crippen LogP contribution in [-0.4, -0.2) is 34.1 Å². The number of carbonyl (C=O) groups is 3. The molecule has 1 aromatic carbocycles. The number of carboxylic acids is 2. The molecule has 0 aliphatic rings. The summed E-state index contributed by atoms with van der Waals surface area (Å²) < 4.78 is 0. The van der Waals surface area contributed by atoms with Gasteiger partial charge in [-0.05, 0) is 30.7 Å². The highest BCUT2D eigenvalue weighted by Crippen LogP contribution is 2.06. The molecular formula is C12H14N2O5. The molecule has 0 saturated heterocycles. The SMILES string of the molecule is Nc1ccc(C(=O)N[C@H](CCC(=O)O)C(=O)O)cc1. The lowest BCUT2D eigenvalue weighted by Crippen LogP contribution is -2.41. The molecule has 0 aromatic heterocycles. The number of amides is 1. The van der Waals surface area contributed by atoms with Gasteiger partial charge < -0.3 is 21.3 Å². The van der Waals surface area contributed by atoms with Crippen LogP contribution in [0.2, 0.25) is 0 Å². The third kappa shape index (κ3) is 4.66. The third-order valence-electron chi connectivity index (χ3n) is 2.42. The number of hydrogen-bond acceptors (Lipinski definition) is 4. The fraction of sp³-hybridized carbons (Fsp3) is 0.250. The van der Waals surface area contributed by atoms with Gasteiger partial charge in [0.25, 0.3) is 5.91 Å². The van der Waals surface area contributed by atoms with Crippen molar-refractivity contribution in [2.75, 3.05) is 5.73 Å². The summed E-state index contributed by atoms with van der Waals surface area (Å²) >= 11 is 0. The second-order valence-corrected chi connectivity index (χ2v) is 3.92. The molecule has 19 heavy (non-hydrogen) atoms. The molecule has 1 aromatic rings. The number of aliphatic carboxylic acids is 2. The van der Waals surface area contributed by atoms with E-state index in [-0.39, 0.29) is 18.4 Å². The van der Waals surface area contributed by atoms with Crippen molar-refractivity contribution in [1.82, 2.24) is 5.32 Å². The summed E-state index contributed by atoms with van der Waals surface area (Å²) in [5.41, 5.74) is 6.21. The maximum absolute atomic E-state index is 11.8. The Hall–Kier alpha value is -2.57. The smallest absolute Gasteiger partial charge is 0.326 e. The Morgan fingerprint density at radius 1 is 1.16 bits per heavy atom. The Bertz CT molecular complexity index is 483. The van der Waals surface area contributed by atoms with Gasteiger partial charge >= 0.3 is 11.9 Å². The molecule has 0 unspecified atom stereocenters. The lowest BCUT2D eigenvalue weighted by molar-refractivity contribution is -0.140. The van der Waals surface area contributed by atoms with Gasteiger partial charge in [-0.1, -0.05) is 0 Å². The first-order valence-corrected chi connectivity index (χ1v) is 5.51. The standard InChI is InChI=1S/C12H14N2O5/c13-8-3-1-7(2-4-8)11(17)14-9(12(18)19)5-6-10(15)16/h1-4,9H,5-6,13H2,(H,14,17)(H,15,16)(H,18,19)/t9-/m1/s1. The van der Waals surface area contributed by atoms with Gasteiger partial charge in [0.05, 0.1) is 0 Å². The van der Waals surface area contributed by atoms with E-state index in [4.69, 9.17) is 15.9 Å². The Labute approximate surface area is 109 Å². The zero-order valence-electron chi connectivity index (χ0n) is 10.00. The first-order valence-electron chi connectivity index (χ1n) is 5.51. The van der Waals surface area contributed by atoms with Crippen LogP contribution in [0.4, 0.5) is 5.69 Å². The van der Waals surface area contributed by atoms with Crippen molar-refractivity contribution in [2.45, 2.75) is 18.9 Å². The van der Waals surface area contributed by atoms with Crippen molar-refractivity contribution < 1.29 is 24.6 Å². The number of nitrogens with two attached hydrogens (primary N) is 1. The fourth-order valence-corrected chi connectivity index (χ4v) is 1.40. The zero-order valence-corrected chi connectivity index (χ0v) is 10.00. The molecule has 0 heterocycles. The van der Waals surface area contributed by atoms with Gasteiger partial charge in [0.15, 0.2) is 0 Å². The van der Waals surface area contributed by atoms with E-state index in [1.54, 1.807) is 0 Å². The van der Waals surface area contributed by atoms with E-state index in [1.165, 1.54) is 24.3 Å². The summed E-state index contributed by atoms with van der Waals surface area (Å²) in [6, 6.07) is 4.71. The first-order chi connectivity index (χ1) is 8.90. The molecule has 102 valence electrons. The monoisotopic (exact) mass is 266 g/mol. The van der Waals surface area contributed by atoms with Gasteiger partial charge in [-0.2, -0.15) is 0 Å². The number of nitrogens with one attached hydrogen (secondary N) is 1. The number of rotatable bonds is 6. The van der Waals surface area contributed by atoms with Crippen molar-refractivity contribution >= 4 is 23.5 Å². The third-order valence-corrected chi connectivity index (χ3v) is 2.42. The molecule has 0 aliphatic heterocycles. The summed E-state index contributed by atoms with van der Waals surface area (Å²) in [5.74, 6) is -2.98. The molecule has 0 bridgehead atoms. The molecule has 7 nitrogen and oxygen atoms in total. The quantitative estimate of drug-likeness (QED) is 0.548. The number of carboxylic acid groups (broad SMARTS) is 2. The van der Waals surface area contributed by atoms with Gasteiger partial charge in [0, 0.05) is 17.7 Å². The Kier molecular flexibility index (Phi) is 4.87. The Balaban J connectivity index is 2.68. The summed E-state index contributed by atoms with van der Waals surface area (Å²) in [7, 11) is 0. The van der Waals surface area contributed by atoms with Crippen molar-refractivity contribution in [3.05, 3.63) is 29.8 Å². The van der Waals surface area contributed by atoms with Crippen LogP contribution in [0.3, 0.4) is 0 Å². The van der Waals surface area contributed by atoms with Gasteiger partial charge in [0.1, 0.15) is 6.04 Å². The second-order valence-electron chi connectivity index (χ2n) is 3.92. The molecule has 1 atom stereocenters. The molecule has 5 N–H and O–H groups in total. The number of nitrogen functional groups attached to an aromatic ring is 1. The van der Waals surface area contributed by atoms with E-state index in [2.05, 4.69) is 5.32 Å². The Morgan fingerprint density at radius 3 is 2.21 bits per heavy atom. The molecule has 0 aliphatic carbocycles. The van der Waals surface area contributed by atoms with Gasteiger partial charge in [-0.3, -0.25) is 9.59 Å². The number of carbonyl (C=O) groups excluding carboxylic acids is 1. The van der Waals surface area contributed by atoms with Crippen LogP contribution in [0, 0.1) is 0 Å². The van der Waals surface area contributed by atoms with Gasteiger partial charge in [-0.25, -0.2) is 4.79 Å². The molecule has 1 rings (SSSR count). The minimum absolute atomic E-state index is 0.175. The van der Waals surface area contributed by atoms with E-state index in [1.807, 2.05) is 0 Å². The lowest BCUT2D eigenvalue weighted by atomic mass is 10.1. The second kappa shape index (κ2) is 6.39. The lowest BCUT2D eigenvalue weighted by Gasteiger charge is -2.13. The number of hydrogen-bond donors (Lipinski definition) is 4. The topological polar surface area (TPSA) is 130 Å². The summed E-state index contributed by atoms with van der Waals surface area (Å²) in [4.78, 5) is 33.1. The van der Waals surface area contributed by atoms with Crippen LogP contribution >= 0.6 is 0 Å². The van der Waals surface area contributed by atoms with E-state index in [0.717, 1.165) is 0 Å². The highest BCUT2D eigenvalue weighted by atomic mass is 16.4. The van der Waals surface area contributed by atoms with Crippen LogP contribution < -0.4 is 11.1 Å². The highest BCUT2D eigenvalue weighted by Gasteiger charge is 2.21. The summed E-state index contributed by atoms with van der Waals surface area (Å²) in [6.45, 7) is 0. The first kappa shape index (κ1) is 14.5. The maximum Gasteiger partial charge on any atom is 0.326 e. The minimum atomic E-state index is -1.27. The Morgan fingerprint density at radius 2 is 1.74 bits per heavy atom. The average Bonchev–Trinajstić information content (AvgIpc) is 2.34. The van der Waals surface area contributed by atoms with Crippen LogP contribution in [0.5, 0.6) is 0 Å². The van der Waals surface area contributed by atoms with E-state index in [0.29, 0.717) is 5.69 Å². The van der Waals surface area contributed by atoms with E-state index in [9.17, 15) is 14.4 Å². The number of benzene rings is 1. The van der Waals surface area contributed by atoms with Gasteiger partial charge in [-0.15, -0.1) is 0 Å². The number of anilines is 1. The van der Waals surface area contributed by atoms with Crippen LogP contribution in [-0.2, 0) is 9.59 Å². The molecule has 1 amide bonds. The summed E-state index contributed by atoms with van der Waals surface area (Å²) in [5, 5.41) is 19.7. The van der Waals surface area contributed by atoms with Crippen molar-refractivity contribution in [3.63, 3.8) is 0 Å². The molecule has 0 spiro atoms. The predicted molar refractivity (Wildman–Crippen MR) is 66.6 cm³/mol. The van der Waals surface area contributed by atoms with Crippen LogP contribution in [0.25, 0.3) is 0 Å². The van der Waals surface area contributed by atoms with Crippen LogP contribution in [0.1, 0.15) is 23.2 Å². The van der Waals surface area contributed by atoms with Crippen molar-refractivity contribution in [3.8, 4) is 0 Å². The molecule has 0 fully saturated rings. The molecule has 0 saturated carbocycles. The van der Waals surface area contributed by atoms with Crippen molar-refractivity contribution in [2.24, 2.45) is 0 Å². The normalized spacial score (nSPS) is 11.6. The molecular weight excluding hydrogens is 252 g/mol. The maximum atomic E-state index is 11.8. The molecule has 0 radical (unpaired) electrons. The van der Waals surface area contributed by atoms with E-state index < -0.39 is 23.9 Å². The predicted octanol–water partition coefficient (Wildman–Crippen LogP) is 0.317. The van der Waals surface area contributed by atoms with Crippen LogP contribution in [0.15, 0.2) is 24.3 Å². The zero-order chi connectivity index (χ0) is 14.4. The fourth-order valence-electron chi connectivity index (χ4n) is 1.40. The van der Waals surface area contributed by atoms with Gasteiger partial charge in [0.2, 0.25) is 0 Å².